The molecule has 1 atom stereocenters. The van der Waals surface area contributed by atoms with Crippen molar-refractivity contribution in [3.05, 3.63) is 53.8 Å². The third kappa shape index (κ3) is 5.64. The number of halogens is 1. The van der Waals surface area contributed by atoms with Gasteiger partial charge in [-0.25, -0.2) is 14.6 Å². The Hall–Kier alpha value is -3.53. The van der Waals surface area contributed by atoms with E-state index in [1.165, 1.54) is 25.7 Å². The summed E-state index contributed by atoms with van der Waals surface area (Å²) in [7, 11) is 0. The lowest BCUT2D eigenvalue weighted by Gasteiger charge is -2.26. The van der Waals surface area contributed by atoms with E-state index >= 15 is 0 Å². The fourth-order valence-corrected chi connectivity index (χ4v) is 4.68. The van der Waals surface area contributed by atoms with E-state index in [9.17, 15) is 0 Å². The number of nitrogens with zero attached hydrogens (tertiary/aromatic N) is 8. The summed E-state index contributed by atoms with van der Waals surface area (Å²) in [6.07, 6.45) is 11.9. The topological polar surface area (TPSA) is 108 Å². The molecule has 1 aromatic carbocycles. The lowest BCUT2D eigenvalue weighted by Crippen LogP contribution is -2.20. The molecular formula is C25H30ClN9O. The highest BCUT2D eigenvalue weighted by Crippen LogP contribution is 2.33. The van der Waals surface area contributed by atoms with Gasteiger partial charge in [-0.05, 0) is 73.6 Å². The number of anilines is 2. The van der Waals surface area contributed by atoms with Crippen LogP contribution in [0.25, 0.3) is 11.1 Å². The largest absolute Gasteiger partial charge is 0.487 e. The van der Waals surface area contributed by atoms with Gasteiger partial charge in [0.05, 0.1) is 29.0 Å². The van der Waals surface area contributed by atoms with Crippen LogP contribution < -0.4 is 10.1 Å². The van der Waals surface area contributed by atoms with Crippen molar-refractivity contribution in [1.82, 2.24) is 40.0 Å². The Balaban J connectivity index is 1.25. The molecule has 1 aliphatic carbocycles. The third-order valence-electron chi connectivity index (χ3n) is 6.60. The maximum absolute atomic E-state index is 6.38. The molecule has 3 aromatic heterocycles. The molecule has 188 valence electrons. The van der Waals surface area contributed by atoms with E-state index in [-0.39, 0.29) is 6.10 Å². The number of aromatic nitrogens is 8. The highest BCUT2D eigenvalue weighted by Gasteiger charge is 2.21. The fraction of sp³-hybridized carbons (Fsp3) is 0.440. The summed E-state index contributed by atoms with van der Waals surface area (Å²) in [5.74, 6) is 1.92. The summed E-state index contributed by atoms with van der Waals surface area (Å²) in [5, 5.41) is 19.8. The lowest BCUT2D eigenvalue weighted by atomic mass is 9.87. The number of benzene rings is 1. The second-order valence-corrected chi connectivity index (χ2v) is 9.95. The summed E-state index contributed by atoms with van der Waals surface area (Å²) >= 11 is 6.38. The van der Waals surface area contributed by atoms with Gasteiger partial charge in [0, 0.05) is 24.2 Å². The van der Waals surface area contributed by atoms with Crippen LogP contribution in [0.15, 0.2) is 43.1 Å². The molecule has 0 aliphatic heterocycles. The zero-order valence-corrected chi connectivity index (χ0v) is 21.4. The van der Waals surface area contributed by atoms with E-state index < -0.39 is 0 Å². The van der Waals surface area contributed by atoms with Gasteiger partial charge in [0.25, 0.3) is 0 Å². The minimum atomic E-state index is -0.176. The SMILES string of the molecule is Cc1nn(C2CCC(C)CC2)cc1Nc1ncc(-c2ccc(Cl)c(O[C@@H](C)Cn3cnnn3)c2)cn1. The van der Waals surface area contributed by atoms with Crippen LogP contribution in [-0.2, 0) is 6.54 Å². The summed E-state index contributed by atoms with van der Waals surface area (Å²) in [5.41, 5.74) is 3.64. The Kier molecular flexibility index (Phi) is 7.13. The summed E-state index contributed by atoms with van der Waals surface area (Å²) < 4.78 is 9.76. The standard InChI is InChI=1S/C25H30ClN9O/c1-16-4-7-21(8-5-16)35-14-23(18(3)31-35)30-25-27-11-20(12-28-25)19-6-9-22(26)24(10-19)36-17(2)13-34-15-29-32-33-34/h6,9-12,14-17,21H,4-5,7-8,13H2,1-3H3,(H,27,28,30)/t16?,17-,21?/m0/s1. The first-order valence-electron chi connectivity index (χ1n) is 12.3. The van der Waals surface area contributed by atoms with Gasteiger partial charge in [-0.3, -0.25) is 4.68 Å². The molecule has 36 heavy (non-hydrogen) atoms. The van der Waals surface area contributed by atoms with Crippen molar-refractivity contribution >= 4 is 23.2 Å². The van der Waals surface area contributed by atoms with Crippen LogP contribution in [0, 0.1) is 12.8 Å². The quantitative estimate of drug-likeness (QED) is 0.344. The monoisotopic (exact) mass is 507 g/mol. The van der Waals surface area contributed by atoms with Crippen LogP contribution in [0.5, 0.6) is 5.75 Å². The minimum Gasteiger partial charge on any atom is -0.487 e. The number of hydrogen-bond donors (Lipinski definition) is 1. The molecule has 0 spiro atoms. The first kappa shape index (κ1) is 24.2. The summed E-state index contributed by atoms with van der Waals surface area (Å²) in [6.45, 7) is 6.78. The van der Waals surface area contributed by atoms with Crippen molar-refractivity contribution in [1.29, 1.82) is 0 Å². The molecule has 10 nitrogen and oxygen atoms in total. The lowest BCUT2D eigenvalue weighted by molar-refractivity contribution is 0.193. The first-order chi connectivity index (χ1) is 17.4. The van der Waals surface area contributed by atoms with E-state index in [1.54, 1.807) is 23.4 Å². The maximum atomic E-state index is 6.38. The molecule has 1 N–H and O–H groups in total. The summed E-state index contributed by atoms with van der Waals surface area (Å²) in [4.78, 5) is 9.06. The second-order valence-electron chi connectivity index (χ2n) is 9.55. The predicted molar refractivity (Wildman–Crippen MR) is 137 cm³/mol. The molecule has 1 fully saturated rings. The number of rotatable bonds is 8. The van der Waals surface area contributed by atoms with Crippen molar-refractivity contribution < 1.29 is 4.74 Å². The molecule has 4 aromatic rings. The van der Waals surface area contributed by atoms with Gasteiger partial charge in [-0.15, -0.1) is 5.10 Å². The molecule has 0 radical (unpaired) electrons. The number of tetrazole rings is 1. The number of hydrogen-bond acceptors (Lipinski definition) is 8. The number of aryl methyl sites for hydroxylation is 1. The normalized spacial score (nSPS) is 18.7. The average molecular weight is 508 g/mol. The predicted octanol–water partition coefficient (Wildman–Crippen LogP) is 5.25. The van der Waals surface area contributed by atoms with Crippen molar-refractivity contribution in [2.24, 2.45) is 5.92 Å². The Labute approximate surface area is 215 Å². The molecule has 0 bridgehead atoms. The maximum Gasteiger partial charge on any atom is 0.227 e. The molecule has 5 rings (SSSR count). The Morgan fingerprint density at radius 1 is 1.14 bits per heavy atom. The highest BCUT2D eigenvalue weighted by molar-refractivity contribution is 6.32. The van der Waals surface area contributed by atoms with Crippen LogP contribution in [-0.4, -0.2) is 46.1 Å². The van der Waals surface area contributed by atoms with E-state index in [4.69, 9.17) is 21.4 Å². The van der Waals surface area contributed by atoms with Gasteiger partial charge >= 0.3 is 0 Å². The molecule has 1 saturated carbocycles. The van der Waals surface area contributed by atoms with Crippen molar-refractivity contribution in [3.63, 3.8) is 0 Å². The third-order valence-corrected chi connectivity index (χ3v) is 6.91. The van der Waals surface area contributed by atoms with Crippen molar-refractivity contribution in [2.45, 2.75) is 65.1 Å². The average Bonchev–Trinajstić information content (AvgIpc) is 3.51. The van der Waals surface area contributed by atoms with Crippen molar-refractivity contribution in [2.75, 3.05) is 5.32 Å². The highest BCUT2D eigenvalue weighted by atomic mass is 35.5. The molecule has 0 saturated heterocycles. The van der Waals surface area contributed by atoms with Gasteiger partial charge in [0.15, 0.2) is 0 Å². The Morgan fingerprint density at radius 2 is 1.92 bits per heavy atom. The van der Waals surface area contributed by atoms with Gasteiger partial charge in [0.1, 0.15) is 18.2 Å². The number of ether oxygens (including phenoxy) is 1. The molecule has 0 unspecified atom stereocenters. The van der Waals surface area contributed by atoms with Crippen LogP contribution in [0.2, 0.25) is 5.02 Å². The molecule has 1 aliphatic rings. The first-order valence-corrected chi connectivity index (χ1v) is 12.6. The van der Waals surface area contributed by atoms with Crippen LogP contribution in [0.3, 0.4) is 0 Å². The fourth-order valence-electron chi connectivity index (χ4n) is 4.52. The Bertz CT molecular complexity index is 1280. The Morgan fingerprint density at radius 3 is 2.64 bits per heavy atom. The molecule has 11 heteroatoms. The van der Waals surface area contributed by atoms with Crippen LogP contribution >= 0.6 is 11.6 Å². The number of nitrogens with one attached hydrogen (secondary N) is 1. The van der Waals surface area contributed by atoms with Gasteiger partial charge in [-0.1, -0.05) is 24.6 Å². The molecule has 3 heterocycles. The van der Waals surface area contributed by atoms with E-state index in [0.29, 0.717) is 29.3 Å². The van der Waals surface area contributed by atoms with Gasteiger partial charge in [0.2, 0.25) is 5.95 Å². The second kappa shape index (κ2) is 10.6. The summed E-state index contributed by atoms with van der Waals surface area (Å²) in [6, 6.07) is 6.09. The van der Waals surface area contributed by atoms with Crippen molar-refractivity contribution in [3.8, 4) is 16.9 Å². The van der Waals surface area contributed by atoms with Crippen LogP contribution in [0.4, 0.5) is 11.6 Å². The minimum absolute atomic E-state index is 0.176. The molecule has 0 amide bonds. The zero-order valence-electron chi connectivity index (χ0n) is 20.7. The van der Waals surface area contributed by atoms with E-state index in [0.717, 1.165) is 28.4 Å². The van der Waals surface area contributed by atoms with E-state index in [2.05, 4.69) is 48.6 Å². The van der Waals surface area contributed by atoms with Crippen LogP contribution in [0.1, 0.15) is 51.3 Å². The smallest absolute Gasteiger partial charge is 0.227 e. The van der Waals surface area contributed by atoms with Gasteiger partial charge < -0.3 is 10.1 Å². The van der Waals surface area contributed by atoms with E-state index in [1.807, 2.05) is 32.0 Å². The van der Waals surface area contributed by atoms with Gasteiger partial charge in [-0.2, -0.15) is 5.10 Å². The zero-order chi connectivity index (χ0) is 25.1. The molecular weight excluding hydrogens is 478 g/mol.